The first-order valence-corrected chi connectivity index (χ1v) is 15.2. The molecule has 43 heavy (non-hydrogen) atoms. The third-order valence-corrected chi connectivity index (χ3v) is 7.92. The van der Waals surface area contributed by atoms with Crippen LogP contribution in [0.3, 0.4) is 0 Å². The Labute approximate surface area is 253 Å². The van der Waals surface area contributed by atoms with Crippen LogP contribution in [0.2, 0.25) is 0 Å². The average molecular weight is 591 g/mol. The number of H-pyrrole nitrogens is 1. The van der Waals surface area contributed by atoms with Gasteiger partial charge in [0, 0.05) is 56.7 Å². The van der Waals surface area contributed by atoms with Crippen LogP contribution in [0.15, 0.2) is 53.3 Å². The van der Waals surface area contributed by atoms with Crippen LogP contribution in [-0.2, 0) is 16.0 Å². The maximum Gasteiger partial charge on any atom is 0.248 e. The second-order valence-electron chi connectivity index (χ2n) is 11.2. The molecule has 0 spiro atoms. The molecule has 2 heterocycles. The molecule has 1 saturated heterocycles. The number of pyridine rings is 1. The SMILES string of the molecule is CN(CCCCC(=O)Nc1cccc(CCNC[C@H](O)c2ccc(O)c3[nH]c(=O)ccc23)c1)C(=O)CCN1CC[CH]CC1. The smallest absolute Gasteiger partial charge is 0.248 e. The van der Waals surface area contributed by atoms with Crippen LogP contribution in [0.5, 0.6) is 5.75 Å². The van der Waals surface area contributed by atoms with Gasteiger partial charge in [-0.15, -0.1) is 0 Å². The molecule has 2 aromatic carbocycles. The summed E-state index contributed by atoms with van der Waals surface area (Å²) in [7, 11) is 1.84. The van der Waals surface area contributed by atoms with E-state index in [1.54, 1.807) is 17.0 Å². The number of aliphatic hydroxyl groups is 1. The zero-order valence-electron chi connectivity index (χ0n) is 25.0. The molecular weight excluding hydrogens is 546 g/mol. The number of aromatic nitrogens is 1. The summed E-state index contributed by atoms with van der Waals surface area (Å²) in [6, 6.07) is 13.8. The lowest BCUT2D eigenvalue weighted by Crippen LogP contribution is -2.35. The van der Waals surface area contributed by atoms with Gasteiger partial charge in [-0.2, -0.15) is 0 Å². The zero-order valence-corrected chi connectivity index (χ0v) is 25.0. The van der Waals surface area contributed by atoms with Gasteiger partial charge in [0.15, 0.2) is 0 Å². The molecule has 2 amide bonds. The maximum atomic E-state index is 12.5. The van der Waals surface area contributed by atoms with E-state index < -0.39 is 6.10 Å². The lowest BCUT2D eigenvalue weighted by atomic mass is 10.0. The molecule has 1 aliphatic heterocycles. The van der Waals surface area contributed by atoms with Crippen LogP contribution in [-0.4, -0.2) is 83.1 Å². The van der Waals surface area contributed by atoms with Crippen LogP contribution in [0.1, 0.15) is 55.8 Å². The van der Waals surface area contributed by atoms with Crippen molar-refractivity contribution >= 4 is 28.4 Å². The van der Waals surface area contributed by atoms with E-state index in [0.717, 1.165) is 50.1 Å². The maximum absolute atomic E-state index is 12.5. The molecule has 0 bridgehead atoms. The van der Waals surface area contributed by atoms with Crippen molar-refractivity contribution in [3.8, 4) is 5.75 Å². The number of fused-ring (bicyclic) bond motifs is 1. The lowest BCUT2D eigenvalue weighted by Gasteiger charge is -2.26. The number of phenols is 1. The Morgan fingerprint density at radius 3 is 2.70 bits per heavy atom. The minimum absolute atomic E-state index is 0.0410. The summed E-state index contributed by atoms with van der Waals surface area (Å²) in [6.45, 7) is 4.47. The number of phenolic OH excluding ortho intramolecular Hbond substituents is 1. The number of piperidine rings is 1. The van der Waals surface area contributed by atoms with E-state index in [2.05, 4.69) is 26.9 Å². The number of hydrogen-bond donors (Lipinski definition) is 5. The van der Waals surface area contributed by atoms with Gasteiger partial charge in [0.05, 0.1) is 11.6 Å². The topological polar surface area (TPSA) is 138 Å². The summed E-state index contributed by atoms with van der Waals surface area (Å²) < 4.78 is 0. The highest BCUT2D eigenvalue weighted by atomic mass is 16.3. The molecule has 1 radical (unpaired) electrons. The minimum atomic E-state index is -0.823. The predicted octanol–water partition coefficient (Wildman–Crippen LogP) is 3.36. The van der Waals surface area contributed by atoms with Crippen molar-refractivity contribution in [1.29, 1.82) is 0 Å². The summed E-state index contributed by atoms with van der Waals surface area (Å²) in [5.74, 6) is 0.0729. The second-order valence-corrected chi connectivity index (χ2v) is 11.2. The van der Waals surface area contributed by atoms with E-state index in [-0.39, 0.29) is 23.1 Å². The average Bonchev–Trinajstić information content (AvgIpc) is 3.01. The molecule has 0 saturated carbocycles. The molecule has 1 aliphatic rings. The Balaban J connectivity index is 1.13. The molecule has 0 aliphatic carbocycles. The molecule has 10 heteroatoms. The van der Waals surface area contributed by atoms with Gasteiger partial charge in [0.25, 0.3) is 0 Å². The van der Waals surface area contributed by atoms with Crippen molar-refractivity contribution in [2.75, 3.05) is 51.6 Å². The van der Waals surface area contributed by atoms with E-state index in [1.807, 2.05) is 31.3 Å². The summed E-state index contributed by atoms with van der Waals surface area (Å²) in [5.41, 5.74) is 2.40. The van der Waals surface area contributed by atoms with Crippen LogP contribution >= 0.6 is 0 Å². The number of aromatic hydroxyl groups is 1. The molecule has 10 nitrogen and oxygen atoms in total. The molecule has 1 atom stereocenters. The second kappa shape index (κ2) is 16.2. The van der Waals surface area contributed by atoms with Crippen LogP contribution < -0.4 is 16.2 Å². The summed E-state index contributed by atoms with van der Waals surface area (Å²) >= 11 is 0. The molecule has 4 rings (SSSR count). The molecule has 0 unspecified atom stereocenters. The van der Waals surface area contributed by atoms with Crippen molar-refractivity contribution in [2.45, 2.75) is 51.0 Å². The van der Waals surface area contributed by atoms with Gasteiger partial charge in [0.1, 0.15) is 5.75 Å². The number of carbonyl (C=O) groups excluding carboxylic acids is 2. The third kappa shape index (κ3) is 9.91. The van der Waals surface area contributed by atoms with Crippen molar-refractivity contribution in [3.63, 3.8) is 0 Å². The highest BCUT2D eigenvalue weighted by Crippen LogP contribution is 2.28. The number of carbonyl (C=O) groups is 2. The van der Waals surface area contributed by atoms with Crippen molar-refractivity contribution in [2.24, 2.45) is 0 Å². The summed E-state index contributed by atoms with van der Waals surface area (Å²) in [4.78, 5) is 43.3. The number of unbranched alkanes of at least 4 members (excludes halogenated alkanes) is 1. The Morgan fingerprint density at radius 2 is 1.88 bits per heavy atom. The number of benzene rings is 2. The number of amides is 2. The Kier molecular flexibility index (Phi) is 12.1. The molecule has 231 valence electrons. The molecule has 3 aromatic rings. The van der Waals surface area contributed by atoms with E-state index in [1.165, 1.54) is 12.1 Å². The van der Waals surface area contributed by atoms with Gasteiger partial charge in [-0.25, -0.2) is 0 Å². The normalized spacial score (nSPS) is 14.5. The van der Waals surface area contributed by atoms with Gasteiger partial charge >= 0.3 is 0 Å². The molecule has 5 N–H and O–H groups in total. The van der Waals surface area contributed by atoms with Crippen molar-refractivity contribution in [3.05, 3.63) is 76.4 Å². The fourth-order valence-electron chi connectivity index (χ4n) is 5.39. The fourth-order valence-corrected chi connectivity index (χ4v) is 5.39. The Bertz CT molecular complexity index is 1420. The number of nitrogens with zero attached hydrogens (tertiary/aromatic N) is 2. The number of aromatic amines is 1. The summed E-state index contributed by atoms with van der Waals surface area (Å²) in [5, 5.41) is 27.6. The fraction of sp³-hybridized carbons (Fsp3) is 0.455. The van der Waals surface area contributed by atoms with Gasteiger partial charge < -0.3 is 35.6 Å². The van der Waals surface area contributed by atoms with Crippen LogP contribution in [0.25, 0.3) is 10.9 Å². The van der Waals surface area contributed by atoms with E-state index in [4.69, 9.17) is 0 Å². The third-order valence-electron chi connectivity index (χ3n) is 7.92. The van der Waals surface area contributed by atoms with Gasteiger partial charge in [-0.3, -0.25) is 14.4 Å². The standard InChI is InChI=1S/C33H44N5O5/c1-37(32(43)16-21-38-19-4-2-5-20-38)18-6-3-10-30(41)35-25-9-7-8-24(22-25)15-17-34-23-29(40)26-11-13-28(39)33-27(26)12-14-31(42)36-33/h2,7-9,11-14,22,29,34,39-40H,3-6,10,15-21,23H2,1H3,(H,35,41)(H,36,42)/t29-/m0/s1. The number of aliphatic hydroxyl groups excluding tert-OH is 1. The Hall–Kier alpha value is -3.73. The molecule has 1 fully saturated rings. The number of rotatable bonds is 15. The molecule has 1 aromatic heterocycles. The van der Waals surface area contributed by atoms with Crippen LogP contribution in [0.4, 0.5) is 5.69 Å². The van der Waals surface area contributed by atoms with Crippen molar-refractivity contribution < 1.29 is 19.8 Å². The lowest BCUT2D eigenvalue weighted by molar-refractivity contribution is -0.130. The largest absolute Gasteiger partial charge is 0.506 e. The van der Waals surface area contributed by atoms with Gasteiger partial charge in [-0.1, -0.05) is 18.2 Å². The highest BCUT2D eigenvalue weighted by molar-refractivity contribution is 5.90. The quantitative estimate of drug-likeness (QED) is 0.171. The zero-order chi connectivity index (χ0) is 30.6. The van der Waals surface area contributed by atoms with Gasteiger partial charge in [0.2, 0.25) is 17.4 Å². The number of nitrogens with one attached hydrogen (secondary N) is 3. The molecular formula is C33H44N5O5. The van der Waals surface area contributed by atoms with Crippen LogP contribution in [0, 0.1) is 6.42 Å². The Morgan fingerprint density at radius 1 is 1.07 bits per heavy atom. The first-order valence-electron chi connectivity index (χ1n) is 15.2. The minimum Gasteiger partial charge on any atom is -0.506 e. The first-order chi connectivity index (χ1) is 20.8. The highest BCUT2D eigenvalue weighted by Gasteiger charge is 2.15. The van der Waals surface area contributed by atoms with Gasteiger partial charge in [-0.05, 0) is 93.6 Å². The van der Waals surface area contributed by atoms with E-state index in [0.29, 0.717) is 61.8 Å². The van der Waals surface area contributed by atoms with E-state index in [9.17, 15) is 24.6 Å². The number of likely N-dealkylation sites (tertiary alicyclic amines) is 1. The number of hydrogen-bond acceptors (Lipinski definition) is 7. The summed E-state index contributed by atoms with van der Waals surface area (Å²) in [6.07, 6.45) is 6.83. The van der Waals surface area contributed by atoms with Crippen molar-refractivity contribution in [1.82, 2.24) is 20.1 Å². The monoisotopic (exact) mass is 590 g/mol. The van der Waals surface area contributed by atoms with E-state index >= 15 is 0 Å². The first kappa shape index (κ1) is 32.2. The number of anilines is 1. The predicted molar refractivity (Wildman–Crippen MR) is 169 cm³/mol.